The van der Waals surface area contributed by atoms with Gasteiger partial charge in [-0.25, -0.2) is 0 Å². The molecule has 3 fully saturated rings. The van der Waals surface area contributed by atoms with E-state index in [9.17, 15) is 9.59 Å². The maximum Gasteiger partial charge on any atom is 0.233 e. The molecule has 3 saturated carbocycles. The van der Waals surface area contributed by atoms with Crippen LogP contribution in [0.2, 0.25) is 0 Å². The maximum atomic E-state index is 14.4. The Morgan fingerprint density at radius 1 is 0.844 bits per heavy atom. The average molecular weight is 661 g/mol. The number of nitrogens with one attached hydrogen (secondary N) is 1. The molecular weight excluding hydrogens is 621 g/mol. The van der Waals surface area contributed by atoms with Gasteiger partial charge in [-0.15, -0.1) is 34.5 Å². The van der Waals surface area contributed by atoms with Gasteiger partial charge in [0, 0.05) is 74.2 Å². The van der Waals surface area contributed by atoms with E-state index in [1.54, 1.807) is 11.3 Å². The fourth-order valence-electron chi connectivity index (χ4n) is 8.92. The summed E-state index contributed by atoms with van der Waals surface area (Å²) in [4.78, 5) is 34.0. The number of anilines is 3. The lowest BCUT2D eigenvalue weighted by Gasteiger charge is -2.69. The van der Waals surface area contributed by atoms with Gasteiger partial charge < -0.3 is 15.1 Å². The molecule has 45 heavy (non-hydrogen) atoms. The Morgan fingerprint density at radius 3 is 1.98 bits per heavy atom. The van der Waals surface area contributed by atoms with Crippen molar-refractivity contribution in [3.8, 4) is 0 Å². The van der Waals surface area contributed by atoms with Crippen molar-refractivity contribution in [3.05, 3.63) is 64.0 Å². The van der Waals surface area contributed by atoms with Crippen molar-refractivity contribution < 1.29 is 9.59 Å². The topological polar surface area (TPSA) is 52.7 Å². The highest BCUT2D eigenvalue weighted by Crippen LogP contribution is 2.75. The number of hydrogen-bond donors (Lipinski definition) is 1. The summed E-state index contributed by atoms with van der Waals surface area (Å²) in [6.07, 6.45) is 1.85. The SMILES string of the molecule is Cc1cc2c(C)cc3c(c2s1)[C@H](CCl)CN3C(=O)C12CC(C(=O)N3C[C@@H](CCl)c4c3cc(NC(C)(C)C)c3ccccc43)(C1)C2. The minimum atomic E-state index is -0.476. The van der Waals surface area contributed by atoms with Crippen molar-refractivity contribution in [2.45, 2.75) is 71.3 Å². The molecule has 0 spiro atoms. The summed E-state index contributed by atoms with van der Waals surface area (Å²) in [5, 5.41) is 7.25. The highest BCUT2D eigenvalue weighted by molar-refractivity contribution is 7.19. The zero-order chi connectivity index (χ0) is 31.6. The maximum absolute atomic E-state index is 14.4. The summed E-state index contributed by atoms with van der Waals surface area (Å²) in [6, 6.07) is 15.0. The van der Waals surface area contributed by atoms with Crippen molar-refractivity contribution in [2.24, 2.45) is 10.8 Å². The zero-order valence-electron chi connectivity index (χ0n) is 26.5. The molecule has 2 bridgehead atoms. The fourth-order valence-corrected chi connectivity index (χ4v) is 10.6. The summed E-state index contributed by atoms with van der Waals surface area (Å²) >= 11 is 14.9. The van der Waals surface area contributed by atoms with E-state index >= 15 is 0 Å². The number of fused-ring (bicyclic) bond motifs is 6. The van der Waals surface area contributed by atoms with Gasteiger partial charge in [0.25, 0.3) is 0 Å². The van der Waals surface area contributed by atoms with Crippen LogP contribution in [0, 0.1) is 24.7 Å². The van der Waals surface area contributed by atoms with E-state index in [1.165, 1.54) is 26.1 Å². The second-order valence-corrected chi connectivity index (χ2v) is 17.0. The van der Waals surface area contributed by atoms with E-state index in [0.29, 0.717) is 44.1 Å². The first-order valence-corrected chi connectivity index (χ1v) is 17.9. The zero-order valence-corrected chi connectivity index (χ0v) is 28.8. The van der Waals surface area contributed by atoms with Crippen LogP contribution in [0.25, 0.3) is 20.9 Å². The van der Waals surface area contributed by atoms with Gasteiger partial charge in [0.2, 0.25) is 11.8 Å². The molecule has 0 radical (unpaired) electrons. The lowest BCUT2D eigenvalue weighted by Crippen LogP contribution is -2.73. The molecule has 1 aromatic heterocycles. The number of amides is 2. The molecule has 0 saturated heterocycles. The molecule has 8 heteroatoms. The molecule has 234 valence electrons. The first-order valence-electron chi connectivity index (χ1n) is 16.0. The van der Waals surface area contributed by atoms with E-state index in [4.69, 9.17) is 23.2 Å². The minimum Gasteiger partial charge on any atom is -0.380 e. The molecule has 2 aliphatic heterocycles. The molecule has 0 unspecified atom stereocenters. The number of carbonyl (C=O) groups is 2. The third-order valence-corrected chi connectivity index (χ3v) is 12.6. The first-order chi connectivity index (χ1) is 21.4. The van der Waals surface area contributed by atoms with Crippen molar-refractivity contribution in [1.82, 2.24) is 0 Å². The van der Waals surface area contributed by atoms with Gasteiger partial charge >= 0.3 is 0 Å². The van der Waals surface area contributed by atoms with E-state index < -0.39 is 10.8 Å². The quantitative estimate of drug-likeness (QED) is 0.217. The summed E-state index contributed by atoms with van der Waals surface area (Å²) in [5.74, 6) is 1.44. The normalized spacial score (nSPS) is 26.6. The molecule has 3 aromatic carbocycles. The Bertz CT molecular complexity index is 1920. The third kappa shape index (κ3) is 4.17. The van der Waals surface area contributed by atoms with E-state index in [-0.39, 0.29) is 29.2 Å². The number of alkyl halides is 2. The lowest BCUT2D eigenvalue weighted by molar-refractivity contribution is -0.204. The van der Waals surface area contributed by atoms with Crippen LogP contribution in [0.15, 0.2) is 42.5 Å². The van der Waals surface area contributed by atoms with Crippen LogP contribution in [0.4, 0.5) is 17.1 Å². The van der Waals surface area contributed by atoms with Crippen LogP contribution in [0.3, 0.4) is 0 Å². The first kappa shape index (κ1) is 29.6. The second-order valence-electron chi connectivity index (χ2n) is 15.1. The van der Waals surface area contributed by atoms with Crippen molar-refractivity contribution in [2.75, 3.05) is 40.0 Å². The number of carbonyl (C=O) groups excluding carboxylic acids is 2. The number of thiophene rings is 1. The monoisotopic (exact) mass is 659 g/mol. The van der Waals surface area contributed by atoms with Crippen molar-refractivity contribution >= 4 is 84.3 Å². The van der Waals surface area contributed by atoms with Crippen LogP contribution in [-0.4, -0.2) is 42.2 Å². The number of benzene rings is 3. The third-order valence-electron chi connectivity index (χ3n) is 10.7. The predicted molar refractivity (Wildman–Crippen MR) is 189 cm³/mol. The Balaban J connectivity index is 1.09. The van der Waals surface area contributed by atoms with Gasteiger partial charge in [0.15, 0.2) is 0 Å². The van der Waals surface area contributed by atoms with E-state index in [2.05, 4.69) is 82.4 Å². The summed E-state index contributed by atoms with van der Waals surface area (Å²) < 4.78 is 1.27. The molecular formula is C37H39Cl2N3O2S. The summed E-state index contributed by atoms with van der Waals surface area (Å²) in [5.41, 5.74) is 5.52. The molecule has 4 aromatic rings. The number of aryl methyl sites for hydroxylation is 2. The number of halogens is 2. The smallest absolute Gasteiger partial charge is 0.233 e. The molecule has 2 atom stereocenters. The Labute approximate surface area is 278 Å². The Hall–Kier alpha value is -2.80. The number of rotatable bonds is 5. The number of nitrogens with zero attached hydrogens (tertiary/aromatic N) is 2. The van der Waals surface area contributed by atoms with Crippen LogP contribution in [-0.2, 0) is 9.59 Å². The van der Waals surface area contributed by atoms with Crippen LogP contribution in [0.5, 0.6) is 0 Å². The van der Waals surface area contributed by atoms with Gasteiger partial charge in [0.1, 0.15) is 0 Å². The second kappa shape index (κ2) is 9.85. The molecule has 5 aliphatic rings. The highest BCUT2D eigenvalue weighted by atomic mass is 35.5. The van der Waals surface area contributed by atoms with Gasteiger partial charge in [-0.05, 0) is 99.5 Å². The van der Waals surface area contributed by atoms with E-state index in [0.717, 1.165) is 33.4 Å². The predicted octanol–water partition coefficient (Wildman–Crippen LogP) is 9.09. The molecule has 3 aliphatic carbocycles. The van der Waals surface area contributed by atoms with Gasteiger partial charge in [-0.2, -0.15) is 0 Å². The minimum absolute atomic E-state index is 0.0664. The Morgan fingerprint density at radius 2 is 1.40 bits per heavy atom. The van der Waals surface area contributed by atoms with Crippen molar-refractivity contribution in [1.29, 1.82) is 0 Å². The fraction of sp³-hybridized carbons (Fsp3) is 0.459. The summed E-state index contributed by atoms with van der Waals surface area (Å²) in [7, 11) is 0. The Kier molecular flexibility index (Phi) is 6.48. The van der Waals surface area contributed by atoms with Crippen molar-refractivity contribution in [3.63, 3.8) is 0 Å². The molecule has 2 amide bonds. The van der Waals surface area contributed by atoms with Gasteiger partial charge in [-0.3, -0.25) is 9.59 Å². The molecule has 1 N–H and O–H groups in total. The largest absolute Gasteiger partial charge is 0.380 e. The van der Waals surface area contributed by atoms with Crippen LogP contribution in [0.1, 0.15) is 73.4 Å². The molecule has 5 nitrogen and oxygen atoms in total. The lowest BCUT2D eigenvalue weighted by atomic mass is 9.34. The standard InChI is InChI=1S/C37H39Cl2N3O2S/c1-20-10-28-31(32-26(20)11-21(2)45-32)23(14-39)16-41(28)33(43)36-17-37(18-36,19-36)34(44)42-15-22(13-38)30-25-9-7-6-8-24(25)27(12-29(30)42)40-35(3,4)5/h6-12,22-23,40H,13-19H2,1-5H3/t22-,23-,36?,37?/m1/s1. The summed E-state index contributed by atoms with van der Waals surface area (Å²) in [6.45, 7) is 11.9. The molecule has 3 heterocycles. The van der Waals surface area contributed by atoms with E-state index in [1.807, 2.05) is 9.80 Å². The van der Waals surface area contributed by atoms with Gasteiger partial charge in [-0.1, -0.05) is 24.3 Å². The molecule has 9 rings (SSSR count). The number of hydrogen-bond acceptors (Lipinski definition) is 4. The highest BCUT2D eigenvalue weighted by Gasteiger charge is 2.76. The average Bonchev–Trinajstić information content (AvgIpc) is 3.63. The van der Waals surface area contributed by atoms with Crippen LogP contribution >= 0.6 is 34.5 Å². The van der Waals surface area contributed by atoms with Gasteiger partial charge in [0.05, 0.1) is 10.8 Å². The van der Waals surface area contributed by atoms with Crippen LogP contribution < -0.4 is 15.1 Å².